The Morgan fingerprint density at radius 2 is 1.82 bits per heavy atom. The number of hydrogen-bond acceptors (Lipinski definition) is 4. The molecule has 5 atom stereocenters. The van der Waals surface area contributed by atoms with E-state index in [4.69, 9.17) is 52.4 Å². The third-order valence-electron chi connectivity index (χ3n) is 9.14. The molecule has 1 N–H and O–H groups in total. The molecule has 0 radical (unpaired) electrons. The van der Waals surface area contributed by atoms with E-state index >= 15 is 0 Å². The predicted octanol–water partition coefficient (Wildman–Crippen LogP) is 10.9. The maximum absolute atomic E-state index is 13.1. The third-order valence-corrected chi connectivity index (χ3v) is 10.8. The van der Waals surface area contributed by atoms with Crippen LogP contribution in [0.5, 0.6) is 5.75 Å². The van der Waals surface area contributed by atoms with Gasteiger partial charge in [-0.25, -0.2) is 0 Å². The molecule has 0 amide bonds. The Bertz CT molecular complexity index is 1380. The summed E-state index contributed by atoms with van der Waals surface area (Å²) in [6.07, 6.45) is 11.2. The SMILES string of the molecule is CC1=C(C2=CCC(Cl)C=C2)C(C2CC=C(Cl)C=C2Cl)CCN=C1CCCCC(C)C(S)(COC(F)(F)F)Cc1ccc(O)cc1. The molecular formula is C35H41Cl3F3NO2S. The molecule has 1 aromatic carbocycles. The standard InChI is InChI=1S/C35H41Cl3F3NO2S/c1-22(34(45,21-44-35(39,40)41)20-24-7-14-28(43)15-8-24)5-3-4-6-32-23(2)33(25-9-11-26(36)12-10-25)30(17-18-42-32)29-16-13-27(37)19-31(29)38/h7-11,13-15,19,22,26,29-30,43,45H,3-6,12,16-18,20-21H2,1-2H3. The largest absolute Gasteiger partial charge is 0.522 e. The summed E-state index contributed by atoms with van der Waals surface area (Å²) in [5.41, 5.74) is 5.44. The van der Waals surface area contributed by atoms with Crippen LogP contribution < -0.4 is 0 Å². The van der Waals surface area contributed by atoms with Crippen LogP contribution in [0.4, 0.5) is 13.2 Å². The van der Waals surface area contributed by atoms with Gasteiger partial charge in [0, 0.05) is 33.0 Å². The zero-order valence-corrected chi connectivity index (χ0v) is 28.8. The molecule has 246 valence electrons. The molecule has 4 rings (SSSR count). The van der Waals surface area contributed by atoms with E-state index in [0.717, 1.165) is 60.4 Å². The number of thiol groups is 1. The Labute approximate surface area is 285 Å². The molecule has 0 fully saturated rings. The first-order valence-electron chi connectivity index (χ1n) is 15.5. The van der Waals surface area contributed by atoms with Gasteiger partial charge in [0.15, 0.2) is 0 Å². The Morgan fingerprint density at radius 3 is 2.47 bits per heavy atom. The number of hydrogen-bond donors (Lipinski definition) is 2. The number of nitrogens with zero attached hydrogens (tertiary/aromatic N) is 1. The van der Waals surface area contributed by atoms with Crippen LogP contribution >= 0.6 is 47.4 Å². The number of phenols is 1. The lowest BCUT2D eigenvalue weighted by molar-refractivity contribution is -0.327. The summed E-state index contributed by atoms with van der Waals surface area (Å²) in [5, 5.41) is 11.0. The van der Waals surface area contributed by atoms with Crippen molar-refractivity contribution in [2.45, 2.75) is 81.7 Å². The van der Waals surface area contributed by atoms with Gasteiger partial charge in [0.25, 0.3) is 0 Å². The summed E-state index contributed by atoms with van der Waals surface area (Å²) in [7, 11) is 0. The van der Waals surface area contributed by atoms with E-state index in [1.807, 2.05) is 25.2 Å². The maximum atomic E-state index is 13.1. The van der Waals surface area contributed by atoms with Gasteiger partial charge in [0.1, 0.15) is 5.75 Å². The number of halogens is 6. The summed E-state index contributed by atoms with van der Waals surface area (Å²) < 4.78 is 42.4. The quantitative estimate of drug-likeness (QED) is 0.129. The Kier molecular flexibility index (Phi) is 12.8. The number of unbranched alkanes of at least 4 members (excludes halogenated alkanes) is 1. The molecule has 2 aliphatic carbocycles. The van der Waals surface area contributed by atoms with Gasteiger partial charge in [-0.3, -0.25) is 9.73 Å². The lowest BCUT2D eigenvalue weighted by Gasteiger charge is -2.35. The summed E-state index contributed by atoms with van der Waals surface area (Å²) >= 11 is 24.2. The first-order valence-corrected chi connectivity index (χ1v) is 17.1. The second kappa shape index (κ2) is 16.0. The van der Waals surface area contributed by atoms with Gasteiger partial charge in [0.2, 0.25) is 0 Å². The van der Waals surface area contributed by atoms with E-state index in [0.29, 0.717) is 18.0 Å². The highest BCUT2D eigenvalue weighted by atomic mass is 35.5. The molecule has 0 saturated heterocycles. The first kappa shape index (κ1) is 36.2. The molecule has 3 aliphatic rings. The number of benzene rings is 1. The maximum Gasteiger partial charge on any atom is 0.522 e. The van der Waals surface area contributed by atoms with E-state index in [1.165, 1.54) is 23.3 Å². The molecule has 0 spiro atoms. The summed E-state index contributed by atoms with van der Waals surface area (Å²) in [6, 6.07) is 6.46. The van der Waals surface area contributed by atoms with Crippen molar-refractivity contribution in [2.24, 2.45) is 22.7 Å². The van der Waals surface area contributed by atoms with Gasteiger partial charge in [0.05, 0.1) is 12.0 Å². The molecule has 0 aromatic heterocycles. The van der Waals surface area contributed by atoms with E-state index < -0.39 is 17.7 Å². The molecule has 45 heavy (non-hydrogen) atoms. The fraction of sp³-hybridized carbons (Fsp3) is 0.514. The van der Waals surface area contributed by atoms with Gasteiger partial charge < -0.3 is 5.11 Å². The molecular weight excluding hydrogens is 662 g/mol. The Hall–Kier alpha value is -1.64. The lowest BCUT2D eigenvalue weighted by atomic mass is 9.74. The Morgan fingerprint density at radius 1 is 1.09 bits per heavy atom. The van der Waals surface area contributed by atoms with Gasteiger partial charge >= 0.3 is 6.36 Å². The number of phenolic OH excluding ortho intramolecular Hbond substituents is 1. The van der Waals surface area contributed by atoms with Gasteiger partial charge in [-0.15, -0.1) is 24.8 Å². The van der Waals surface area contributed by atoms with Crippen LogP contribution in [0.2, 0.25) is 0 Å². The number of alkyl halides is 4. The van der Waals surface area contributed by atoms with Crippen LogP contribution in [0.25, 0.3) is 0 Å². The highest BCUT2D eigenvalue weighted by Gasteiger charge is 2.39. The minimum atomic E-state index is -4.74. The Balaban J connectivity index is 1.47. The minimum Gasteiger partial charge on any atom is -0.508 e. The number of allylic oxidation sites excluding steroid dienone is 10. The number of aliphatic imine (C=N–C) groups is 1. The highest BCUT2D eigenvalue weighted by molar-refractivity contribution is 7.81. The smallest absolute Gasteiger partial charge is 0.508 e. The molecule has 1 heterocycles. The molecule has 3 nitrogen and oxygen atoms in total. The number of rotatable bonds is 12. The predicted molar refractivity (Wildman–Crippen MR) is 184 cm³/mol. The van der Waals surface area contributed by atoms with Gasteiger partial charge in [-0.1, -0.05) is 73.0 Å². The van der Waals surface area contributed by atoms with Crippen LogP contribution in [-0.2, 0) is 11.2 Å². The second-order valence-corrected chi connectivity index (χ2v) is 14.6. The van der Waals surface area contributed by atoms with Crippen molar-refractivity contribution in [2.75, 3.05) is 13.2 Å². The lowest BCUT2D eigenvalue weighted by Crippen LogP contribution is -2.40. The van der Waals surface area contributed by atoms with E-state index in [9.17, 15) is 18.3 Å². The first-order chi connectivity index (χ1) is 21.3. The average Bonchev–Trinajstić information content (AvgIpc) is 3.14. The van der Waals surface area contributed by atoms with Crippen molar-refractivity contribution < 1.29 is 23.0 Å². The topological polar surface area (TPSA) is 41.8 Å². The summed E-state index contributed by atoms with van der Waals surface area (Å²) in [5.74, 6) is 0.221. The molecule has 0 bridgehead atoms. The normalized spacial score (nSPS) is 24.7. The molecule has 0 saturated carbocycles. The zero-order chi connectivity index (χ0) is 32.8. The molecule has 10 heteroatoms. The van der Waals surface area contributed by atoms with Crippen LogP contribution in [0.15, 0.2) is 86.4 Å². The monoisotopic (exact) mass is 701 g/mol. The zero-order valence-electron chi connectivity index (χ0n) is 25.6. The summed E-state index contributed by atoms with van der Waals surface area (Å²) in [4.78, 5) is 5.03. The third kappa shape index (κ3) is 10.2. The van der Waals surface area contributed by atoms with E-state index in [1.54, 1.807) is 12.1 Å². The number of ether oxygens (including phenoxy) is 1. The van der Waals surface area contributed by atoms with Crippen LogP contribution in [0.3, 0.4) is 0 Å². The average molecular weight is 703 g/mol. The van der Waals surface area contributed by atoms with Crippen LogP contribution in [0, 0.1) is 17.8 Å². The summed E-state index contributed by atoms with van der Waals surface area (Å²) in [6.45, 7) is 4.19. The van der Waals surface area contributed by atoms with Crippen molar-refractivity contribution in [3.05, 3.63) is 87.0 Å². The van der Waals surface area contributed by atoms with E-state index in [2.05, 4.69) is 23.8 Å². The van der Waals surface area contributed by atoms with Crippen molar-refractivity contribution in [1.82, 2.24) is 0 Å². The molecule has 1 aliphatic heterocycles. The van der Waals surface area contributed by atoms with Crippen molar-refractivity contribution in [3.8, 4) is 5.75 Å². The molecule has 5 unspecified atom stereocenters. The fourth-order valence-corrected chi connectivity index (χ4v) is 7.65. The van der Waals surface area contributed by atoms with Gasteiger partial charge in [-0.2, -0.15) is 12.6 Å². The van der Waals surface area contributed by atoms with Crippen molar-refractivity contribution in [3.63, 3.8) is 0 Å². The second-order valence-electron chi connectivity index (χ2n) is 12.3. The minimum absolute atomic E-state index is 0.0246. The van der Waals surface area contributed by atoms with E-state index in [-0.39, 0.29) is 35.3 Å². The fourth-order valence-electron chi connectivity index (χ4n) is 6.49. The number of aromatic hydroxyl groups is 1. The highest BCUT2D eigenvalue weighted by Crippen LogP contribution is 2.44. The van der Waals surface area contributed by atoms with Crippen molar-refractivity contribution >= 4 is 53.1 Å². The van der Waals surface area contributed by atoms with Crippen LogP contribution in [-0.4, -0.2) is 40.5 Å². The van der Waals surface area contributed by atoms with Gasteiger partial charge in [-0.05, 0) is 104 Å². The molecule has 1 aromatic rings. The van der Waals surface area contributed by atoms with Crippen molar-refractivity contribution in [1.29, 1.82) is 0 Å². The van der Waals surface area contributed by atoms with Crippen LogP contribution in [0.1, 0.15) is 64.4 Å².